The van der Waals surface area contributed by atoms with Gasteiger partial charge in [-0.15, -0.1) is 0 Å². The molecule has 2 aromatic carbocycles. The second-order valence-electron chi connectivity index (χ2n) is 4.97. The van der Waals surface area contributed by atoms with Crippen molar-refractivity contribution >= 4 is 23.4 Å². The summed E-state index contributed by atoms with van der Waals surface area (Å²) < 4.78 is 0. The number of urea groups is 1. The molecule has 2 aromatic rings. The average molecular weight is 329 g/mol. The lowest BCUT2D eigenvalue weighted by molar-refractivity contribution is -0.384. The first-order valence-electron chi connectivity index (χ1n) is 7.04. The van der Waals surface area contributed by atoms with E-state index in [1.54, 1.807) is 30.3 Å². The van der Waals surface area contributed by atoms with E-state index in [4.69, 9.17) is 5.11 Å². The first-order chi connectivity index (χ1) is 11.5. The summed E-state index contributed by atoms with van der Waals surface area (Å²) in [5, 5.41) is 25.0. The Morgan fingerprint density at radius 3 is 2.46 bits per heavy atom. The fourth-order valence-corrected chi connectivity index (χ4v) is 2.13. The molecule has 0 radical (unpaired) electrons. The van der Waals surface area contributed by atoms with Gasteiger partial charge in [0.15, 0.2) is 0 Å². The molecule has 0 aromatic heterocycles. The van der Waals surface area contributed by atoms with Crippen LogP contribution in [-0.2, 0) is 4.79 Å². The molecule has 0 aliphatic rings. The van der Waals surface area contributed by atoms with Gasteiger partial charge in [0.05, 0.1) is 17.4 Å². The third-order valence-corrected chi connectivity index (χ3v) is 3.20. The summed E-state index contributed by atoms with van der Waals surface area (Å²) in [5.41, 5.74) is 0.714. The van der Waals surface area contributed by atoms with Crippen LogP contribution in [0.1, 0.15) is 18.0 Å². The molecule has 0 heterocycles. The van der Waals surface area contributed by atoms with Crippen molar-refractivity contribution in [3.63, 3.8) is 0 Å². The minimum atomic E-state index is -1.13. The van der Waals surface area contributed by atoms with Crippen molar-refractivity contribution in [2.75, 3.05) is 5.32 Å². The quantitative estimate of drug-likeness (QED) is 0.555. The Morgan fingerprint density at radius 2 is 1.83 bits per heavy atom. The van der Waals surface area contributed by atoms with Gasteiger partial charge >= 0.3 is 12.0 Å². The molecule has 0 bridgehead atoms. The van der Waals surface area contributed by atoms with Gasteiger partial charge in [-0.3, -0.25) is 14.9 Å². The highest BCUT2D eigenvalue weighted by Crippen LogP contribution is 2.22. The van der Waals surface area contributed by atoms with Crippen LogP contribution in [0.4, 0.5) is 16.2 Å². The van der Waals surface area contributed by atoms with Gasteiger partial charge in [0.25, 0.3) is 5.69 Å². The molecule has 3 N–H and O–H groups in total. The summed E-state index contributed by atoms with van der Waals surface area (Å²) in [7, 11) is 0. The topological polar surface area (TPSA) is 122 Å². The van der Waals surface area contributed by atoms with Gasteiger partial charge in [-0.2, -0.15) is 0 Å². The molecule has 1 unspecified atom stereocenters. The largest absolute Gasteiger partial charge is 0.481 e. The van der Waals surface area contributed by atoms with E-state index in [9.17, 15) is 19.7 Å². The molecule has 124 valence electrons. The molecule has 8 nitrogen and oxygen atoms in total. The van der Waals surface area contributed by atoms with E-state index in [0.29, 0.717) is 11.3 Å². The summed E-state index contributed by atoms with van der Waals surface area (Å²) in [6.07, 6.45) is -0.399. The predicted octanol–water partition coefficient (Wildman–Crippen LogP) is 2.93. The first-order valence-corrected chi connectivity index (χ1v) is 7.04. The Labute approximate surface area is 137 Å². The summed E-state index contributed by atoms with van der Waals surface area (Å²) >= 11 is 0. The van der Waals surface area contributed by atoms with Crippen LogP contribution in [-0.4, -0.2) is 22.0 Å². The monoisotopic (exact) mass is 329 g/mol. The number of nitrogens with zero attached hydrogens (tertiary/aromatic N) is 1. The number of carboxylic acid groups (broad SMARTS) is 1. The van der Waals surface area contributed by atoms with E-state index in [1.807, 2.05) is 0 Å². The van der Waals surface area contributed by atoms with Crippen molar-refractivity contribution in [1.82, 2.24) is 5.32 Å². The maximum Gasteiger partial charge on any atom is 0.319 e. The number of hydrogen-bond donors (Lipinski definition) is 3. The van der Waals surface area contributed by atoms with E-state index >= 15 is 0 Å². The standard InChI is InChI=1S/C16H15N3O5/c20-15(21)10-14(11-5-4-8-13(9-11)19(23)24)18-16(22)17-12-6-2-1-3-7-12/h1-9,14H,10H2,(H,20,21)(H2,17,18,22). The zero-order valence-corrected chi connectivity index (χ0v) is 12.5. The number of non-ortho nitro benzene ring substituents is 1. The van der Waals surface area contributed by atoms with Crippen LogP contribution in [0.25, 0.3) is 0 Å². The Morgan fingerprint density at radius 1 is 1.12 bits per heavy atom. The molecule has 0 aliphatic heterocycles. The van der Waals surface area contributed by atoms with Crippen molar-refractivity contribution in [2.45, 2.75) is 12.5 Å². The maximum atomic E-state index is 12.0. The normalized spacial score (nSPS) is 11.3. The molecule has 0 fully saturated rings. The highest BCUT2D eigenvalue weighted by Gasteiger charge is 2.20. The minimum absolute atomic E-state index is 0.173. The number of rotatable bonds is 6. The van der Waals surface area contributed by atoms with Crippen LogP contribution < -0.4 is 10.6 Å². The minimum Gasteiger partial charge on any atom is -0.481 e. The van der Waals surface area contributed by atoms with Crippen LogP contribution in [0.2, 0.25) is 0 Å². The molecule has 0 saturated heterocycles. The third-order valence-electron chi connectivity index (χ3n) is 3.20. The molecule has 2 rings (SSSR count). The summed E-state index contributed by atoms with van der Waals surface area (Å²) in [6, 6.07) is 12.7. The van der Waals surface area contributed by atoms with Gasteiger partial charge in [0, 0.05) is 17.8 Å². The highest BCUT2D eigenvalue weighted by molar-refractivity contribution is 5.89. The SMILES string of the molecule is O=C(O)CC(NC(=O)Nc1ccccc1)c1cccc([N+](=O)[O-])c1. The summed E-state index contributed by atoms with van der Waals surface area (Å²) in [6.45, 7) is 0. The van der Waals surface area contributed by atoms with Crippen molar-refractivity contribution in [1.29, 1.82) is 0 Å². The third kappa shape index (κ3) is 4.80. The number of carbonyl (C=O) groups is 2. The highest BCUT2D eigenvalue weighted by atomic mass is 16.6. The van der Waals surface area contributed by atoms with Gasteiger partial charge < -0.3 is 15.7 Å². The smallest absolute Gasteiger partial charge is 0.319 e. The second-order valence-corrected chi connectivity index (χ2v) is 4.97. The van der Waals surface area contributed by atoms with E-state index in [1.165, 1.54) is 24.3 Å². The van der Waals surface area contributed by atoms with Gasteiger partial charge in [-0.25, -0.2) is 4.79 Å². The second kappa shape index (κ2) is 7.73. The van der Waals surface area contributed by atoms with Crippen LogP contribution in [0, 0.1) is 10.1 Å². The fraction of sp³-hybridized carbons (Fsp3) is 0.125. The van der Waals surface area contributed by atoms with Crippen molar-refractivity contribution in [3.05, 3.63) is 70.3 Å². The molecular weight excluding hydrogens is 314 g/mol. The Balaban J connectivity index is 2.16. The molecular formula is C16H15N3O5. The van der Waals surface area contributed by atoms with Gasteiger partial charge in [0.2, 0.25) is 0 Å². The lowest BCUT2D eigenvalue weighted by Gasteiger charge is -2.18. The van der Waals surface area contributed by atoms with Crippen LogP contribution in [0.5, 0.6) is 0 Å². The molecule has 0 aliphatic carbocycles. The zero-order chi connectivity index (χ0) is 17.5. The first kappa shape index (κ1) is 16.9. The molecule has 0 saturated carbocycles. The number of carboxylic acids is 1. The summed E-state index contributed by atoms with van der Waals surface area (Å²) in [4.78, 5) is 33.4. The number of hydrogen-bond acceptors (Lipinski definition) is 4. The van der Waals surface area contributed by atoms with Crippen LogP contribution >= 0.6 is 0 Å². The molecule has 0 spiro atoms. The maximum absolute atomic E-state index is 12.0. The van der Waals surface area contributed by atoms with E-state index in [-0.39, 0.29) is 5.69 Å². The van der Waals surface area contributed by atoms with E-state index in [2.05, 4.69) is 10.6 Å². The number of benzene rings is 2. The predicted molar refractivity (Wildman–Crippen MR) is 86.7 cm³/mol. The van der Waals surface area contributed by atoms with Crippen molar-refractivity contribution in [2.24, 2.45) is 0 Å². The lowest BCUT2D eigenvalue weighted by Crippen LogP contribution is -2.33. The van der Waals surface area contributed by atoms with E-state index < -0.39 is 29.4 Å². The molecule has 8 heteroatoms. The molecule has 2 amide bonds. The lowest BCUT2D eigenvalue weighted by atomic mass is 10.0. The molecule has 24 heavy (non-hydrogen) atoms. The molecule has 1 atom stereocenters. The van der Waals surface area contributed by atoms with Gasteiger partial charge in [0.1, 0.15) is 0 Å². The number of anilines is 1. The Kier molecular flexibility index (Phi) is 5.45. The zero-order valence-electron chi connectivity index (χ0n) is 12.5. The number of nitro benzene ring substituents is 1. The van der Waals surface area contributed by atoms with Crippen LogP contribution in [0.3, 0.4) is 0 Å². The number of amides is 2. The Bertz CT molecular complexity index is 748. The average Bonchev–Trinajstić information content (AvgIpc) is 2.55. The van der Waals surface area contributed by atoms with Gasteiger partial charge in [-0.1, -0.05) is 30.3 Å². The van der Waals surface area contributed by atoms with E-state index in [0.717, 1.165) is 0 Å². The number of carbonyl (C=O) groups excluding carboxylic acids is 1. The summed E-state index contributed by atoms with van der Waals surface area (Å²) in [5.74, 6) is -1.13. The van der Waals surface area contributed by atoms with Crippen molar-refractivity contribution in [3.8, 4) is 0 Å². The number of para-hydroxylation sites is 1. The number of aliphatic carboxylic acids is 1. The Hall–Kier alpha value is -3.42. The number of nitrogens with one attached hydrogen (secondary N) is 2. The van der Waals surface area contributed by atoms with Gasteiger partial charge in [-0.05, 0) is 17.7 Å². The fourth-order valence-electron chi connectivity index (χ4n) is 2.13. The van der Waals surface area contributed by atoms with Crippen LogP contribution in [0.15, 0.2) is 54.6 Å². The number of nitro groups is 1. The van der Waals surface area contributed by atoms with Crippen molar-refractivity contribution < 1.29 is 19.6 Å².